The molecule has 0 spiro atoms. The number of aryl methyl sites for hydroxylation is 2. The van der Waals surface area contributed by atoms with E-state index in [-0.39, 0.29) is 11.3 Å². The zero-order valence-electron chi connectivity index (χ0n) is 13.4. The molecule has 0 saturated carbocycles. The van der Waals surface area contributed by atoms with E-state index < -0.39 is 17.6 Å². The number of hydrogen-bond donors (Lipinski definition) is 1. The van der Waals surface area contributed by atoms with Crippen molar-refractivity contribution in [2.24, 2.45) is 0 Å². The Hall–Kier alpha value is -2.97. The summed E-state index contributed by atoms with van der Waals surface area (Å²) in [5.41, 5.74) is -0.660. The van der Waals surface area contributed by atoms with Crippen LogP contribution < -0.4 is 5.32 Å². The number of benzene rings is 1. The Kier molecular flexibility index (Phi) is 4.15. The number of alkyl halides is 3. The third kappa shape index (κ3) is 3.17. The molecule has 0 bridgehead atoms. The van der Waals surface area contributed by atoms with E-state index in [1.165, 1.54) is 28.9 Å². The second-order valence-corrected chi connectivity index (χ2v) is 5.35. The highest BCUT2D eigenvalue weighted by Gasteiger charge is 2.33. The lowest BCUT2D eigenvalue weighted by Crippen LogP contribution is -2.19. The van der Waals surface area contributed by atoms with Crippen LogP contribution in [0.5, 0.6) is 0 Å². The molecule has 0 saturated heterocycles. The number of nitrogens with zero attached hydrogens (tertiary/aromatic N) is 4. The van der Waals surface area contributed by atoms with E-state index in [1.807, 2.05) is 6.92 Å². The summed E-state index contributed by atoms with van der Waals surface area (Å²) in [4.78, 5) is 20.7. The fraction of sp³-hybridized carbons (Fsp3) is 0.250. The molecule has 0 atom stereocenters. The van der Waals surface area contributed by atoms with Crippen LogP contribution in [0.2, 0.25) is 0 Å². The third-order valence-corrected chi connectivity index (χ3v) is 3.69. The highest BCUT2D eigenvalue weighted by Crippen LogP contribution is 2.34. The molecular weight excluding hydrogens is 335 g/mol. The number of para-hydroxylation sites is 1. The lowest BCUT2D eigenvalue weighted by Gasteiger charge is -2.14. The Balaban J connectivity index is 1.97. The Morgan fingerprint density at radius 2 is 2.00 bits per heavy atom. The van der Waals surface area contributed by atoms with Gasteiger partial charge in [0.1, 0.15) is 0 Å². The van der Waals surface area contributed by atoms with Crippen molar-refractivity contribution >= 4 is 17.4 Å². The van der Waals surface area contributed by atoms with Crippen LogP contribution in [-0.2, 0) is 12.6 Å². The first-order valence-electron chi connectivity index (χ1n) is 7.50. The number of anilines is 1. The van der Waals surface area contributed by atoms with E-state index in [2.05, 4.69) is 20.4 Å². The zero-order valence-corrected chi connectivity index (χ0v) is 13.4. The zero-order chi connectivity index (χ0) is 18.2. The van der Waals surface area contributed by atoms with Gasteiger partial charge in [-0.25, -0.2) is 9.50 Å². The van der Waals surface area contributed by atoms with Crippen molar-refractivity contribution in [2.45, 2.75) is 26.4 Å². The van der Waals surface area contributed by atoms with Crippen molar-refractivity contribution in [3.8, 4) is 0 Å². The first kappa shape index (κ1) is 16.9. The normalized spacial score (nSPS) is 11.7. The summed E-state index contributed by atoms with van der Waals surface area (Å²) in [5, 5.41) is 6.52. The highest BCUT2D eigenvalue weighted by molar-refractivity contribution is 6.05. The van der Waals surface area contributed by atoms with Gasteiger partial charge in [0.15, 0.2) is 5.82 Å². The molecule has 3 rings (SSSR count). The van der Waals surface area contributed by atoms with E-state index in [9.17, 15) is 18.0 Å². The monoisotopic (exact) mass is 349 g/mol. The van der Waals surface area contributed by atoms with E-state index in [1.54, 1.807) is 6.92 Å². The average molecular weight is 349 g/mol. The first-order valence-corrected chi connectivity index (χ1v) is 7.50. The summed E-state index contributed by atoms with van der Waals surface area (Å²) < 4.78 is 40.5. The van der Waals surface area contributed by atoms with Gasteiger partial charge in [0, 0.05) is 12.6 Å². The summed E-state index contributed by atoms with van der Waals surface area (Å²) in [6, 6.07) is 4.80. The number of carbonyl (C=O) groups is 1. The number of hydrogen-bond acceptors (Lipinski definition) is 4. The van der Waals surface area contributed by atoms with Gasteiger partial charge >= 0.3 is 6.18 Å². The van der Waals surface area contributed by atoms with Crippen LogP contribution in [0.1, 0.15) is 34.4 Å². The van der Waals surface area contributed by atoms with Crippen LogP contribution in [0, 0.1) is 6.92 Å². The summed E-state index contributed by atoms with van der Waals surface area (Å²) in [6.07, 6.45) is -2.68. The van der Waals surface area contributed by atoms with Crippen LogP contribution in [0.25, 0.3) is 5.78 Å². The van der Waals surface area contributed by atoms with Crippen molar-refractivity contribution in [3.63, 3.8) is 0 Å². The second-order valence-electron chi connectivity index (χ2n) is 5.35. The number of fused-ring (bicyclic) bond motifs is 1. The van der Waals surface area contributed by atoms with Crippen LogP contribution in [-0.4, -0.2) is 25.5 Å². The lowest BCUT2D eigenvalue weighted by atomic mass is 10.1. The predicted octanol–water partition coefficient (Wildman–Crippen LogP) is 3.27. The third-order valence-electron chi connectivity index (χ3n) is 3.69. The number of halogens is 3. The molecular formula is C16H14F3N5O. The molecule has 1 aromatic carbocycles. The topological polar surface area (TPSA) is 72.2 Å². The first-order chi connectivity index (χ1) is 11.8. The van der Waals surface area contributed by atoms with Gasteiger partial charge in [-0.3, -0.25) is 4.79 Å². The van der Waals surface area contributed by atoms with Gasteiger partial charge in [-0.1, -0.05) is 19.1 Å². The highest BCUT2D eigenvalue weighted by atomic mass is 19.4. The van der Waals surface area contributed by atoms with Gasteiger partial charge in [0.05, 0.1) is 22.5 Å². The van der Waals surface area contributed by atoms with Crippen LogP contribution >= 0.6 is 0 Å². The van der Waals surface area contributed by atoms with Crippen LogP contribution in [0.3, 0.4) is 0 Å². The van der Waals surface area contributed by atoms with Crippen molar-refractivity contribution in [3.05, 3.63) is 53.1 Å². The molecule has 0 radical (unpaired) electrons. The molecule has 6 nitrogen and oxygen atoms in total. The van der Waals surface area contributed by atoms with E-state index >= 15 is 0 Å². The van der Waals surface area contributed by atoms with Crippen molar-refractivity contribution < 1.29 is 18.0 Å². The van der Waals surface area contributed by atoms with Gasteiger partial charge in [0.25, 0.3) is 11.7 Å². The number of amides is 1. The summed E-state index contributed by atoms with van der Waals surface area (Å²) in [6.45, 7) is 3.51. The van der Waals surface area contributed by atoms with Gasteiger partial charge in [-0.15, -0.1) is 5.10 Å². The second kappa shape index (κ2) is 6.15. The van der Waals surface area contributed by atoms with Crippen molar-refractivity contribution in [1.29, 1.82) is 0 Å². The molecule has 1 amide bonds. The number of rotatable bonds is 3. The SMILES string of the molecule is CCc1nc2ncc(C(=O)Nc3ccccc3C(F)(F)F)c(C)n2n1. The van der Waals surface area contributed by atoms with E-state index in [0.717, 1.165) is 6.07 Å². The van der Waals surface area contributed by atoms with Gasteiger partial charge < -0.3 is 5.32 Å². The Bertz CT molecular complexity index is 949. The smallest absolute Gasteiger partial charge is 0.321 e. The van der Waals surface area contributed by atoms with Crippen LogP contribution in [0.4, 0.5) is 18.9 Å². The Morgan fingerprint density at radius 3 is 2.68 bits per heavy atom. The minimum Gasteiger partial charge on any atom is -0.321 e. The summed E-state index contributed by atoms with van der Waals surface area (Å²) in [7, 11) is 0. The molecule has 2 heterocycles. The largest absolute Gasteiger partial charge is 0.418 e. The fourth-order valence-corrected chi connectivity index (χ4v) is 2.39. The summed E-state index contributed by atoms with van der Waals surface area (Å²) >= 11 is 0. The lowest BCUT2D eigenvalue weighted by molar-refractivity contribution is -0.136. The molecule has 9 heteroatoms. The molecule has 3 aromatic rings. The average Bonchev–Trinajstić information content (AvgIpc) is 2.99. The van der Waals surface area contributed by atoms with E-state index in [4.69, 9.17) is 0 Å². The van der Waals surface area contributed by atoms with Gasteiger partial charge in [-0.2, -0.15) is 18.2 Å². The Labute approximate surface area is 140 Å². The quantitative estimate of drug-likeness (QED) is 0.788. The minimum absolute atomic E-state index is 0.122. The molecule has 1 N–H and O–H groups in total. The molecule has 0 aliphatic heterocycles. The van der Waals surface area contributed by atoms with Gasteiger partial charge in [0.2, 0.25) is 0 Å². The predicted molar refractivity (Wildman–Crippen MR) is 84.3 cm³/mol. The molecule has 0 unspecified atom stereocenters. The number of aromatic nitrogens is 4. The molecule has 0 aliphatic rings. The van der Waals surface area contributed by atoms with Crippen molar-refractivity contribution in [1.82, 2.24) is 19.6 Å². The summed E-state index contributed by atoms with van der Waals surface area (Å²) in [5.74, 6) is 0.203. The molecule has 25 heavy (non-hydrogen) atoms. The molecule has 130 valence electrons. The number of nitrogens with one attached hydrogen (secondary N) is 1. The minimum atomic E-state index is -4.57. The Morgan fingerprint density at radius 1 is 1.28 bits per heavy atom. The molecule has 0 aliphatic carbocycles. The standard InChI is InChI=1S/C16H14F3N5O/c1-3-13-22-15-20-8-10(9(2)24(15)23-13)14(25)21-12-7-5-4-6-11(12)16(17,18)19/h4-8H,3H2,1-2H3,(H,21,25). The van der Waals surface area contributed by atoms with Crippen molar-refractivity contribution in [2.75, 3.05) is 5.32 Å². The maximum Gasteiger partial charge on any atom is 0.418 e. The maximum absolute atomic E-state index is 13.0. The molecule has 2 aromatic heterocycles. The van der Waals surface area contributed by atoms with Gasteiger partial charge in [-0.05, 0) is 19.1 Å². The fourth-order valence-electron chi connectivity index (χ4n) is 2.39. The molecule has 0 fully saturated rings. The maximum atomic E-state index is 13.0. The number of carbonyl (C=O) groups excluding carboxylic acids is 1. The van der Waals surface area contributed by atoms with E-state index in [0.29, 0.717) is 23.7 Å². The van der Waals surface area contributed by atoms with Crippen LogP contribution in [0.15, 0.2) is 30.5 Å².